The van der Waals surface area contributed by atoms with Gasteiger partial charge in [-0.1, -0.05) is 24.3 Å². The number of carbonyl (C=O) groups excluding carboxylic acids is 1. The fourth-order valence-corrected chi connectivity index (χ4v) is 5.08. The van der Waals surface area contributed by atoms with E-state index in [1.54, 1.807) is 24.3 Å². The van der Waals surface area contributed by atoms with E-state index in [4.69, 9.17) is 4.74 Å². The van der Waals surface area contributed by atoms with Gasteiger partial charge in [-0.15, -0.1) is 0 Å². The average Bonchev–Trinajstić information content (AvgIpc) is 2.80. The Morgan fingerprint density at radius 2 is 1.55 bits per heavy atom. The number of nitrogens with one attached hydrogen (secondary N) is 1. The van der Waals surface area contributed by atoms with Crippen molar-refractivity contribution in [2.75, 3.05) is 44.3 Å². The first-order valence-corrected chi connectivity index (χ1v) is 12.3. The van der Waals surface area contributed by atoms with Crippen LogP contribution in [-0.4, -0.2) is 58.0 Å². The lowest BCUT2D eigenvalue weighted by Crippen LogP contribution is -2.41. The Labute approximate surface area is 185 Å². The Kier molecular flexibility index (Phi) is 8.06. The molecule has 0 radical (unpaired) electrons. The van der Waals surface area contributed by atoms with E-state index in [0.29, 0.717) is 44.0 Å². The van der Waals surface area contributed by atoms with E-state index >= 15 is 0 Å². The van der Waals surface area contributed by atoms with E-state index in [1.807, 2.05) is 12.1 Å². The third kappa shape index (κ3) is 6.29. The van der Waals surface area contributed by atoms with Crippen LogP contribution in [0.15, 0.2) is 48.5 Å². The van der Waals surface area contributed by atoms with Gasteiger partial charge in [0, 0.05) is 44.0 Å². The van der Waals surface area contributed by atoms with Gasteiger partial charge in [0.25, 0.3) is 5.91 Å². The SMILES string of the molecule is CCN(CC)c1ccc(CNC(=O)c2ccc(CS(=O)(=O)N3CCOCC3)cc2)cc1. The number of morpholine rings is 1. The summed E-state index contributed by atoms with van der Waals surface area (Å²) in [5.74, 6) is -0.260. The molecular weight excluding hydrogens is 414 g/mol. The minimum absolute atomic E-state index is 0.0756. The van der Waals surface area contributed by atoms with Gasteiger partial charge in [-0.3, -0.25) is 4.79 Å². The number of carbonyl (C=O) groups is 1. The van der Waals surface area contributed by atoms with Crippen molar-refractivity contribution in [2.45, 2.75) is 26.1 Å². The van der Waals surface area contributed by atoms with Gasteiger partial charge < -0.3 is 15.0 Å². The first-order chi connectivity index (χ1) is 14.9. The molecule has 168 valence electrons. The number of nitrogens with zero attached hydrogens (tertiary/aromatic N) is 2. The summed E-state index contributed by atoms with van der Waals surface area (Å²) >= 11 is 0. The molecule has 1 fully saturated rings. The molecule has 8 heteroatoms. The minimum atomic E-state index is -3.38. The second kappa shape index (κ2) is 10.7. The lowest BCUT2D eigenvalue weighted by molar-refractivity contribution is 0.0729. The molecule has 0 unspecified atom stereocenters. The number of benzene rings is 2. The van der Waals surface area contributed by atoms with Gasteiger partial charge in [-0.25, -0.2) is 8.42 Å². The second-order valence-corrected chi connectivity index (χ2v) is 9.45. The molecule has 1 amide bonds. The highest BCUT2D eigenvalue weighted by molar-refractivity contribution is 7.88. The molecule has 7 nitrogen and oxygen atoms in total. The maximum Gasteiger partial charge on any atom is 0.251 e. The Bertz CT molecular complexity index is 949. The zero-order chi connectivity index (χ0) is 22.3. The van der Waals surface area contributed by atoms with Crippen LogP contribution in [0, 0.1) is 0 Å². The monoisotopic (exact) mass is 445 g/mol. The van der Waals surface area contributed by atoms with Crippen LogP contribution in [-0.2, 0) is 27.1 Å². The van der Waals surface area contributed by atoms with Gasteiger partial charge in [0.15, 0.2) is 0 Å². The van der Waals surface area contributed by atoms with E-state index in [1.165, 1.54) is 9.99 Å². The molecule has 2 aromatic rings. The third-order valence-electron chi connectivity index (χ3n) is 5.45. The minimum Gasteiger partial charge on any atom is -0.379 e. The summed E-state index contributed by atoms with van der Waals surface area (Å²) in [7, 11) is -3.38. The van der Waals surface area contributed by atoms with Crippen LogP contribution in [0.1, 0.15) is 35.3 Å². The molecule has 0 atom stereocenters. The first kappa shape index (κ1) is 23.2. The summed E-state index contributed by atoms with van der Waals surface area (Å²) in [5.41, 5.74) is 3.36. The van der Waals surface area contributed by atoms with Crippen LogP contribution in [0.25, 0.3) is 0 Å². The Hall–Kier alpha value is -2.42. The highest BCUT2D eigenvalue weighted by atomic mass is 32.2. The summed E-state index contributed by atoms with van der Waals surface area (Å²) in [4.78, 5) is 14.7. The van der Waals surface area contributed by atoms with Crippen molar-refractivity contribution in [2.24, 2.45) is 0 Å². The topological polar surface area (TPSA) is 79.0 Å². The first-order valence-electron chi connectivity index (χ1n) is 10.7. The number of anilines is 1. The zero-order valence-electron chi connectivity index (χ0n) is 18.2. The Balaban J connectivity index is 1.54. The molecule has 3 rings (SSSR count). The van der Waals surface area contributed by atoms with Crippen LogP contribution in [0.2, 0.25) is 0 Å². The summed E-state index contributed by atoms with van der Waals surface area (Å²) in [5, 5.41) is 2.92. The molecule has 1 aliphatic rings. The lowest BCUT2D eigenvalue weighted by atomic mass is 10.1. The molecule has 0 bridgehead atoms. The average molecular weight is 446 g/mol. The number of sulfonamides is 1. The van der Waals surface area contributed by atoms with Crippen LogP contribution in [0.5, 0.6) is 0 Å². The molecule has 31 heavy (non-hydrogen) atoms. The second-order valence-electron chi connectivity index (χ2n) is 7.49. The predicted molar refractivity (Wildman–Crippen MR) is 123 cm³/mol. The van der Waals surface area contributed by atoms with E-state index in [0.717, 1.165) is 18.7 Å². The fourth-order valence-electron chi connectivity index (χ4n) is 3.58. The van der Waals surface area contributed by atoms with Crippen LogP contribution >= 0.6 is 0 Å². The molecule has 2 aromatic carbocycles. The van der Waals surface area contributed by atoms with Gasteiger partial charge in [-0.2, -0.15) is 4.31 Å². The standard InChI is InChI=1S/C23H31N3O4S/c1-3-25(4-2)22-11-7-19(8-12-22)17-24-23(27)21-9-5-20(6-10-21)18-31(28,29)26-13-15-30-16-14-26/h5-12H,3-4,13-18H2,1-2H3,(H,24,27). The predicted octanol–water partition coefficient (Wildman–Crippen LogP) is 2.62. The molecule has 1 N–H and O–H groups in total. The van der Waals surface area contributed by atoms with Crippen molar-refractivity contribution in [1.82, 2.24) is 9.62 Å². The largest absolute Gasteiger partial charge is 0.379 e. The lowest BCUT2D eigenvalue weighted by Gasteiger charge is -2.26. The van der Waals surface area contributed by atoms with Crippen molar-refractivity contribution in [3.05, 3.63) is 65.2 Å². The van der Waals surface area contributed by atoms with E-state index in [-0.39, 0.29) is 11.7 Å². The molecule has 0 aromatic heterocycles. The van der Waals surface area contributed by atoms with Gasteiger partial charge in [0.05, 0.1) is 19.0 Å². The molecule has 1 aliphatic heterocycles. The number of amides is 1. The number of hydrogen-bond acceptors (Lipinski definition) is 5. The highest BCUT2D eigenvalue weighted by Crippen LogP contribution is 2.16. The Morgan fingerprint density at radius 1 is 0.968 bits per heavy atom. The Morgan fingerprint density at radius 3 is 2.13 bits per heavy atom. The number of hydrogen-bond donors (Lipinski definition) is 1. The molecule has 1 heterocycles. The van der Waals surface area contributed by atoms with Gasteiger partial charge in [0.1, 0.15) is 0 Å². The molecule has 0 aliphatic carbocycles. The van der Waals surface area contributed by atoms with Crippen LogP contribution in [0.4, 0.5) is 5.69 Å². The van der Waals surface area contributed by atoms with Crippen molar-refractivity contribution in [1.29, 1.82) is 0 Å². The van der Waals surface area contributed by atoms with E-state index in [9.17, 15) is 13.2 Å². The summed E-state index contributed by atoms with van der Waals surface area (Å²) in [6.07, 6.45) is 0. The summed E-state index contributed by atoms with van der Waals surface area (Å²) in [6.45, 7) is 8.23. The fraction of sp³-hybridized carbons (Fsp3) is 0.435. The van der Waals surface area contributed by atoms with Crippen LogP contribution < -0.4 is 10.2 Å². The zero-order valence-corrected chi connectivity index (χ0v) is 19.0. The van der Waals surface area contributed by atoms with Crippen molar-refractivity contribution in [3.63, 3.8) is 0 Å². The van der Waals surface area contributed by atoms with Crippen molar-refractivity contribution in [3.8, 4) is 0 Å². The number of rotatable bonds is 9. The van der Waals surface area contributed by atoms with Crippen molar-refractivity contribution >= 4 is 21.6 Å². The maximum atomic E-state index is 12.5. The maximum absolute atomic E-state index is 12.5. The quantitative estimate of drug-likeness (QED) is 0.642. The molecular formula is C23H31N3O4S. The van der Waals surface area contributed by atoms with Crippen LogP contribution in [0.3, 0.4) is 0 Å². The third-order valence-corrected chi connectivity index (χ3v) is 7.30. The number of ether oxygens (including phenoxy) is 1. The van der Waals surface area contributed by atoms with Gasteiger partial charge >= 0.3 is 0 Å². The van der Waals surface area contributed by atoms with E-state index in [2.05, 4.69) is 36.2 Å². The van der Waals surface area contributed by atoms with Gasteiger partial charge in [-0.05, 0) is 49.2 Å². The normalized spacial score (nSPS) is 14.9. The van der Waals surface area contributed by atoms with E-state index < -0.39 is 10.0 Å². The molecule has 0 spiro atoms. The highest BCUT2D eigenvalue weighted by Gasteiger charge is 2.24. The molecule has 1 saturated heterocycles. The van der Waals surface area contributed by atoms with Crippen molar-refractivity contribution < 1.29 is 17.9 Å². The van der Waals surface area contributed by atoms with Gasteiger partial charge in [0.2, 0.25) is 10.0 Å². The summed E-state index contributed by atoms with van der Waals surface area (Å²) < 4.78 is 31.7. The smallest absolute Gasteiger partial charge is 0.251 e. The summed E-state index contributed by atoms with van der Waals surface area (Å²) in [6, 6.07) is 14.9. The molecule has 0 saturated carbocycles.